The van der Waals surface area contributed by atoms with Gasteiger partial charge in [-0.15, -0.1) is 10.2 Å². The molecule has 8 nitrogen and oxygen atoms in total. The molecule has 27 heavy (non-hydrogen) atoms. The smallest absolute Gasteiger partial charge is 0.237 e. The lowest BCUT2D eigenvalue weighted by Gasteiger charge is -2.27. The van der Waals surface area contributed by atoms with Crippen molar-refractivity contribution in [1.29, 1.82) is 0 Å². The molecule has 0 N–H and O–H groups in total. The van der Waals surface area contributed by atoms with E-state index in [1.165, 1.54) is 5.56 Å². The molecule has 4 rings (SSSR count). The molecular formula is C18H22N6O2S. The maximum absolute atomic E-state index is 5.42. The van der Waals surface area contributed by atoms with Crippen LogP contribution in [0.1, 0.15) is 18.4 Å². The largest absolute Gasteiger partial charge is 0.378 e. The van der Waals surface area contributed by atoms with E-state index >= 15 is 0 Å². The van der Waals surface area contributed by atoms with Crippen LogP contribution in [0.2, 0.25) is 0 Å². The van der Waals surface area contributed by atoms with Crippen LogP contribution < -0.4 is 4.90 Å². The number of aromatic nitrogens is 5. The number of rotatable bonds is 6. The Hall–Kier alpha value is -2.39. The lowest BCUT2D eigenvalue weighted by molar-refractivity contribution is 0.121. The average molecular weight is 386 g/mol. The standard InChI is InChI=1S/C18H22N6O2S/c1-3-24-17(23-8-10-25-11-9-23)20-21-18(24)27-12-15-19-16(22-26-15)14-6-4-13(2)5-7-14/h4-7H,3,8-12H2,1-2H3. The van der Waals surface area contributed by atoms with Crippen molar-refractivity contribution in [3.8, 4) is 11.4 Å². The van der Waals surface area contributed by atoms with E-state index in [0.717, 1.165) is 49.5 Å². The Labute approximate surface area is 161 Å². The van der Waals surface area contributed by atoms with E-state index < -0.39 is 0 Å². The average Bonchev–Trinajstić information content (AvgIpc) is 3.34. The van der Waals surface area contributed by atoms with E-state index in [1.807, 2.05) is 24.3 Å². The third-order valence-electron chi connectivity index (χ3n) is 4.41. The minimum Gasteiger partial charge on any atom is -0.378 e. The number of aryl methyl sites for hydroxylation is 1. The number of anilines is 1. The Kier molecular flexibility index (Phi) is 5.40. The van der Waals surface area contributed by atoms with Crippen LogP contribution >= 0.6 is 11.8 Å². The Morgan fingerprint density at radius 3 is 2.63 bits per heavy atom. The summed E-state index contributed by atoms with van der Waals surface area (Å²) in [4.78, 5) is 6.71. The van der Waals surface area contributed by atoms with Crippen molar-refractivity contribution in [2.45, 2.75) is 31.3 Å². The first-order valence-electron chi connectivity index (χ1n) is 9.03. The van der Waals surface area contributed by atoms with Gasteiger partial charge >= 0.3 is 0 Å². The second kappa shape index (κ2) is 8.10. The highest BCUT2D eigenvalue weighted by Crippen LogP contribution is 2.26. The molecule has 2 aromatic heterocycles. The third kappa shape index (κ3) is 3.98. The molecule has 1 aromatic carbocycles. The molecule has 142 valence electrons. The summed E-state index contributed by atoms with van der Waals surface area (Å²) in [7, 11) is 0. The molecule has 0 bridgehead atoms. The monoisotopic (exact) mass is 386 g/mol. The predicted octanol–water partition coefficient (Wildman–Crippen LogP) is 2.79. The van der Waals surface area contributed by atoms with Crippen LogP contribution in [-0.4, -0.2) is 51.2 Å². The van der Waals surface area contributed by atoms with Crippen LogP contribution in [-0.2, 0) is 17.0 Å². The van der Waals surface area contributed by atoms with Crippen molar-refractivity contribution < 1.29 is 9.26 Å². The van der Waals surface area contributed by atoms with Crippen molar-refractivity contribution in [1.82, 2.24) is 24.9 Å². The molecule has 3 heterocycles. The molecule has 1 saturated heterocycles. The second-order valence-corrected chi connectivity index (χ2v) is 7.24. The molecule has 1 fully saturated rings. The first-order valence-corrected chi connectivity index (χ1v) is 10.0. The zero-order valence-corrected chi connectivity index (χ0v) is 16.3. The van der Waals surface area contributed by atoms with Crippen LogP contribution in [0, 0.1) is 6.92 Å². The Morgan fingerprint density at radius 2 is 1.89 bits per heavy atom. The summed E-state index contributed by atoms with van der Waals surface area (Å²) in [5.41, 5.74) is 2.15. The van der Waals surface area contributed by atoms with Gasteiger partial charge in [-0.25, -0.2) is 0 Å². The zero-order chi connectivity index (χ0) is 18.6. The van der Waals surface area contributed by atoms with E-state index in [9.17, 15) is 0 Å². The molecule has 9 heteroatoms. The summed E-state index contributed by atoms with van der Waals surface area (Å²) in [6.45, 7) is 8.08. The number of morpholine rings is 1. The fourth-order valence-electron chi connectivity index (χ4n) is 2.92. The van der Waals surface area contributed by atoms with Crippen LogP contribution in [0.25, 0.3) is 11.4 Å². The number of hydrogen-bond donors (Lipinski definition) is 0. The minimum atomic E-state index is 0.556. The van der Waals surface area contributed by atoms with Crippen molar-refractivity contribution in [2.24, 2.45) is 0 Å². The molecule has 0 atom stereocenters. The SMILES string of the molecule is CCn1c(SCc2nc(-c3ccc(C)cc3)no2)nnc1N1CCOCC1. The van der Waals surface area contributed by atoms with Crippen molar-refractivity contribution in [3.63, 3.8) is 0 Å². The topological polar surface area (TPSA) is 82.1 Å². The van der Waals surface area contributed by atoms with Gasteiger partial charge in [0, 0.05) is 25.2 Å². The lowest BCUT2D eigenvalue weighted by atomic mass is 10.1. The molecule has 0 unspecified atom stereocenters. The highest BCUT2D eigenvalue weighted by molar-refractivity contribution is 7.98. The molecule has 3 aromatic rings. The summed E-state index contributed by atoms with van der Waals surface area (Å²) in [5, 5.41) is 13.7. The van der Waals surface area contributed by atoms with E-state index in [-0.39, 0.29) is 0 Å². The Balaban J connectivity index is 1.44. The fourth-order valence-corrected chi connectivity index (χ4v) is 3.76. The van der Waals surface area contributed by atoms with Crippen molar-refractivity contribution >= 4 is 17.7 Å². The van der Waals surface area contributed by atoms with Gasteiger partial charge in [-0.3, -0.25) is 4.57 Å². The molecule has 0 aliphatic carbocycles. The molecule has 1 aliphatic rings. The van der Waals surface area contributed by atoms with E-state index in [0.29, 0.717) is 17.5 Å². The Morgan fingerprint density at radius 1 is 1.11 bits per heavy atom. The molecule has 0 radical (unpaired) electrons. The van der Waals surface area contributed by atoms with Gasteiger partial charge in [-0.1, -0.05) is 46.7 Å². The van der Waals surface area contributed by atoms with Gasteiger partial charge in [0.05, 0.1) is 19.0 Å². The molecule has 1 aliphatic heterocycles. The van der Waals surface area contributed by atoms with Gasteiger partial charge in [0.2, 0.25) is 17.7 Å². The van der Waals surface area contributed by atoms with Crippen molar-refractivity contribution in [2.75, 3.05) is 31.2 Å². The van der Waals surface area contributed by atoms with Crippen LogP contribution in [0.3, 0.4) is 0 Å². The quantitative estimate of drug-likeness (QED) is 0.598. The number of nitrogens with zero attached hydrogens (tertiary/aromatic N) is 6. The second-order valence-electron chi connectivity index (χ2n) is 6.29. The van der Waals surface area contributed by atoms with Gasteiger partial charge in [-0.05, 0) is 13.8 Å². The number of hydrogen-bond acceptors (Lipinski definition) is 8. The van der Waals surface area contributed by atoms with E-state index in [1.54, 1.807) is 11.8 Å². The highest BCUT2D eigenvalue weighted by Gasteiger charge is 2.20. The number of benzene rings is 1. The van der Waals surface area contributed by atoms with E-state index in [2.05, 4.69) is 43.7 Å². The molecule has 0 amide bonds. The van der Waals surface area contributed by atoms with Gasteiger partial charge in [0.25, 0.3) is 0 Å². The third-order valence-corrected chi connectivity index (χ3v) is 5.36. The summed E-state index contributed by atoms with van der Waals surface area (Å²) in [6.07, 6.45) is 0. The number of thioether (sulfide) groups is 1. The molecule has 0 saturated carbocycles. The number of ether oxygens (including phenoxy) is 1. The van der Waals surface area contributed by atoms with E-state index in [4.69, 9.17) is 9.26 Å². The molecular weight excluding hydrogens is 364 g/mol. The normalized spacial score (nSPS) is 14.7. The Bertz CT molecular complexity index is 886. The summed E-state index contributed by atoms with van der Waals surface area (Å²) in [5.74, 6) is 2.64. The van der Waals surface area contributed by atoms with Gasteiger partial charge in [-0.2, -0.15) is 4.98 Å². The highest BCUT2D eigenvalue weighted by atomic mass is 32.2. The molecule has 0 spiro atoms. The maximum atomic E-state index is 5.42. The van der Waals surface area contributed by atoms with Crippen molar-refractivity contribution in [3.05, 3.63) is 35.7 Å². The summed E-state index contributed by atoms with van der Waals surface area (Å²) < 4.78 is 12.9. The minimum absolute atomic E-state index is 0.556. The first kappa shape index (κ1) is 18.0. The summed E-state index contributed by atoms with van der Waals surface area (Å²) >= 11 is 1.56. The maximum Gasteiger partial charge on any atom is 0.237 e. The first-order chi connectivity index (χ1) is 13.2. The van der Waals surface area contributed by atoms with Crippen LogP contribution in [0.4, 0.5) is 5.95 Å². The van der Waals surface area contributed by atoms with Gasteiger partial charge < -0.3 is 14.2 Å². The van der Waals surface area contributed by atoms with Gasteiger partial charge in [0.1, 0.15) is 0 Å². The fraction of sp³-hybridized carbons (Fsp3) is 0.444. The van der Waals surface area contributed by atoms with Gasteiger partial charge in [0.15, 0.2) is 5.16 Å². The lowest BCUT2D eigenvalue weighted by Crippen LogP contribution is -2.38. The van der Waals surface area contributed by atoms with Crippen LogP contribution in [0.15, 0.2) is 33.9 Å². The van der Waals surface area contributed by atoms with Crippen LogP contribution in [0.5, 0.6) is 0 Å². The zero-order valence-electron chi connectivity index (χ0n) is 15.5. The predicted molar refractivity (Wildman–Crippen MR) is 103 cm³/mol. The summed E-state index contributed by atoms with van der Waals surface area (Å²) in [6, 6.07) is 8.08.